The van der Waals surface area contributed by atoms with Crippen molar-refractivity contribution in [3.05, 3.63) is 102 Å². The molecule has 0 aliphatic heterocycles. The smallest absolute Gasteiger partial charge is 0.416 e. The average molecular weight is 468 g/mol. The molecule has 5 nitrogen and oxygen atoms in total. The average Bonchev–Trinajstić information content (AvgIpc) is 2.83. The van der Waals surface area contributed by atoms with E-state index in [0.29, 0.717) is 16.7 Å². The van der Waals surface area contributed by atoms with E-state index in [9.17, 15) is 27.5 Å². The number of ether oxygens (including phenoxy) is 1. The van der Waals surface area contributed by atoms with Gasteiger partial charge in [0, 0.05) is 11.1 Å². The number of aromatic carboxylic acids is 1. The SMILES string of the molecule is O=C(O)c1cncc(-c2ccccc2-c2cc(C(F)(F)F)ccc2OCc2ccc(F)cc2)n1. The van der Waals surface area contributed by atoms with Crippen molar-refractivity contribution >= 4 is 5.97 Å². The van der Waals surface area contributed by atoms with Crippen molar-refractivity contribution in [3.63, 3.8) is 0 Å². The molecule has 0 saturated carbocycles. The van der Waals surface area contributed by atoms with E-state index < -0.39 is 23.5 Å². The number of aromatic nitrogens is 2. The van der Waals surface area contributed by atoms with Crippen molar-refractivity contribution in [1.29, 1.82) is 0 Å². The van der Waals surface area contributed by atoms with E-state index in [1.807, 2.05) is 0 Å². The molecule has 172 valence electrons. The molecule has 34 heavy (non-hydrogen) atoms. The van der Waals surface area contributed by atoms with Gasteiger partial charge in [0.25, 0.3) is 0 Å². The lowest BCUT2D eigenvalue weighted by molar-refractivity contribution is -0.137. The molecular weight excluding hydrogens is 452 g/mol. The van der Waals surface area contributed by atoms with Gasteiger partial charge in [0.05, 0.1) is 23.7 Å². The standard InChI is InChI=1S/C25H16F4N2O3/c26-17-8-5-15(6-9-17)14-34-23-10-7-16(25(27,28)29)11-20(23)18-3-1-2-4-19(18)21-12-30-13-22(31-21)24(32)33/h1-13H,14H2,(H,32,33). The van der Waals surface area contributed by atoms with Gasteiger partial charge in [0.15, 0.2) is 5.69 Å². The number of nitrogens with zero attached hydrogens (tertiary/aromatic N) is 2. The van der Waals surface area contributed by atoms with E-state index in [1.54, 1.807) is 24.3 Å². The Bertz CT molecular complexity index is 1340. The first-order valence-electron chi connectivity index (χ1n) is 9.96. The molecule has 4 aromatic rings. The number of alkyl halides is 3. The zero-order chi connectivity index (χ0) is 24.3. The van der Waals surface area contributed by atoms with E-state index in [4.69, 9.17) is 4.74 Å². The minimum Gasteiger partial charge on any atom is -0.488 e. The van der Waals surface area contributed by atoms with E-state index in [-0.39, 0.29) is 29.3 Å². The third-order valence-electron chi connectivity index (χ3n) is 4.96. The predicted molar refractivity (Wildman–Crippen MR) is 116 cm³/mol. The second-order valence-electron chi connectivity index (χ2n) is 7.26. The molecule has 1 N–H and O–H groups in total. The van der Waals surface area contributed by atoms with E-state index in [2.05, 4.69) is 9.97 Å². The molecule has 0 bridgehead atoms. The van der Waals surface area contributed by atoms with E-state index >= 15 is 0 Å². The molecule has 0 saturated heterocycles. The molecule has 0 unspecified atom stereocenters. The number of carbonyl (C=O) groups is 1. The Morgan fingerprint density at radius 3 is 2.29 bits per heavy atom. The fraction of sp³-hybridized carbons (Fsp3) is 0.0800. The van der Waals surface area contributed by atoms with Crippen LogP contribution in [0.15, 0.2) is 79.1 Å². The van der Waals surface area contributed by atoms with Crippen LogP contribution in [0.4, 0.5) is 17.6 Å². The Morgan fingerprint density at radius 1 is 0.912 bits per heavy atom. The van der Waals surface area contributed by atoms with Gasteiger partial charge in [-0.05, 0) is 41.5 Å². The molecule has 0 radical (unpaired) electrons. The highest BCUT2D eigenvalue weighted by molar-refractivity contribution is 5.88. The summed E-state index contributed by atoms with van der Waals surface area (Å²) in [6.07, 6.45) is -2.18. The molecule has 1 aromatic heterocycles. The Balaban J connectivity index is 1.82. The second-order valence-corrected chi connectivity index (χ2v) is 7.26. The van der Waals surface area contributed by atoms with Crippen LogP contribution in [0.25, 0.3) is 22.4 Å². The second kappa shape index (κ2) is 9.30. The molecule has 3 aromatic carbocycles. The fourth-order valence-electron chi connectivity index (χ4n) is 3.32. The summed E-state index contributed by atoms with van der Waals surface area (Å²) in [7, 11) is 0. The Hall–Kier alpha value is -4.27. The fourth-order valence-corrected chi connectivity index (χ4v) is 3.32. The van der Waals surface area contributed by atoms with Crippen LogP contribution < -0.4 is 4.74 Å². The summed E-state index contributed by atoms with van der Waals surface area (Å²) in [4.78, 5) is 19.3. The summed E-state index contributed by atoms with van der Waals surface area (Å²) in [6.45, 7) is -0.00484. The number of rotatable bonds is 6. The highest BCUT2D eigenvalue weighted by Crippen LogP contribution is 2.41. The van der Waals surface area contributed by atoms with Crippen molar-refractivity contribution in [3.8, 4) is 28.1 Å². The van der Waals surface area contributed by atoms with Gasteiger partial charge in [0.2, 0.25) is 0 Å². The highest BCUT2D eigenvalue weighted by atomic mass is 19.4. The molecule has 0 fully saturated rings. The summed E-state index contributed by atoms with van der Waals surface area (Å²) in [5.74, 6) is -1.54. The molecule has 0 atom stereocenters. The lowest BCUT2D eigenvalue weighted by Gasteiger charge is -2.17. The maximum Gasteiger partial charge on any atom is 0.416 e. The predicted octanol–water partition coefficient (Wildman–Crippen LogP) is 6.25. The lowest BCUT2D eigenvalue weighted by Crippen LogP contribution is -2.06. The van der Waals surface area contributed by atoms with E-state index in [1.165, 1.54) is 36.5 Å². The lowest BCUT2D eigenvalue weighted by atomic mass is 9.95. The van der Waals surface area contributed by atoms with Crippen LogP contribution in [0, 0.1) is 5.82 Å². The Labute approximate surface area is 191 Å². The van der Waals surface area contributed by atoms with Crippen LogP contribution >= 0.6 is 0 Å². The molecule has 0 aliphatic rings. The molecule has 0 amide bonds. The number of benzene rings is 3. The third-order valence-corrected chi connectivity index (χ3v) is 4.96. The minimum atomic E-state index is -4.60. The summed E-state index contributed by atoms with van der Waals surface area (Å²) >= 11 is 0. The summed E-state index contributed by atoms with van der Waals surface area (Å²) in [5.41, 5.74) is 0.484. The van der Waals surface area contributed by atoms with Crippen LogP contribution in [0.3, 0.4) is 0 Å². The number of carboxylic acid groups (broad SMARTS) is 1. The maximum atomic E-state index is 13.5. The molecule has 9 heteroatoms. The van der Waals surface area contributed by atoms with Gasteiger partial charge in [-0.1, -0.05) is 36.4 Å². The molecule has 1 heterocycles. The number of hydrogen-bond donors (Lipinski definition) is 1. The molecule has 0 spiro atoms. The van der Waals surface area contributed by atoms with E-state index in [0.717, 1.165) is 18.3 Å². The highest BCUT2D eigenvalue weighted by Gasteiger charge is 2.31. The van der Waals surface area contributed by atoms with Crippen molar-refractivity contribution in [2.45, 2.75) is 12.8 Å². The van der Waals surface area contributed by atoms with Crippen LogP contribution in [0.5, 0.6) is 5.75 Å². The van der Waals surface area contributed by atoms with Crippen molar-refractivity contribution in [2.24, 2.45) is 0 Å². The summed E-state index contributed by atoms with van der Waals surface area (Å²) in [6, 6.07) is 15.1. The normalized spacial score (nSPS) is 11.3. The number of carboxylic acids is 1. The number of hydrogen-bond acceptors (Lipinski definition) is 4. The zero-order valence-electron chi connectivity index (χ0n) is 17.4. The van der Waals surface area contributed by atoms with Crippen LogP contribution in [0.2, 0.25) is 0 Å². The van der Waals surface area contributed by atoms with Crippen LogP contribution in [-0.4, -0.2) is 21.0 Å². The van der Waals surface area contributed by atoms with Gasteiger partial charge in [-0.25, -0.2) is 14.2 Å². The minimum absolute atomic E-state index is 0.00484. The van der Waals surface area contributed by atoms with Crippen molar-refractivity contribution in [2.75, 3.05) is 0 Å². The van der Waals surface area contributed by atoms with Gasteiger partial charge in [-0.2, -0.15) is 13.2 Å². The van der Waals surface area contributed by atoms with Crippen molar-refractivity contribution < 1.29 is 32.2 Å². The monoisotopic (exact) mass is 468 g/mol. The number of halogens is 4. The molecule has 0 aliphatic carbocycles. The maximum absolute atomic E-state index is 13.5. The van der Waals surface area contributed by atoms with Gasteiger partial charge < -0.3 is 9.84 Å². The summed E-state index contributed by atoms with van der Waals surface area (Å²) in [5, 5.41) is 9.24. The van der Waals surface area contributed by atoms with Gasteiger partial charge in [-0.3, -0.25) is 4.98 Å². The van der Waals surface area contributed by atoms with Crippen LogP contribution in [-0.2, 0) is 12.8 Å². The van der Waals surface area contributed by atoms with Gasteiger partial charge in [-0.15, -0.1) is 0 Å². The molecule has 4 rings (SSSR count). The quantitative estimate of drug-likeness (QED) is 0.339. The largest absolute Gasteiger partial charge is 0.488 e. The van der Waals surface area contributed by atoms with Gasteiger partial charge >= 0.3 is 12.1 Å². The third kappa shape index (κ3) is 5.03. The van der Waals surface area contributed by atoms with Gasteiger partial charge in [0.1, 0.15) is 18.2 Å². The van der Waals surface area contributed by atoms with Crippen LogP contribution in [0.1, 0.15) is 21.6 Å². The first-order valence-corrected chi connectivity index (χ1v) is 9.96. The zero-order valence-corrected chi connectivity index (χ0v) is 17.4. The first kappa shape index (κ1) is 22.9. The summed E-state index contributed by atoms with van der Waals surface area (Å²) < 4.78 is 59.5. The Morgan fingerprint density at radius 2 is 1.62 bits per heavy atom. The molecular formula is C25H16F4N2O3. The first-order chi connectivity index (χ1) is 16.2. The topological polar surface area (TPSA) is 72.3 Å². The Kier molecular flexibility index (Phi) is 6.27. The van der Waals surface area contributed by atoms with Crippen molar-refractivity contribution in [1.82, 2.24) is 9.97 Å².